The summed E-state index contributed by atoms with van der Waals surface area (Å²) in [7, 11) is 1.63. The Bertz CT molecular complexity index is 1050. The first-order valence-electron chi connectivity index (χ1n) is 9.90. The highest BCUT2D eigenvalue weighted by Crippen LogP contribution is 2.27. The first-order valence-corrected chi connectivity index (χ1v) is 9.90. The van der Waals surface area contributed by atoms with Crippen molar-refractivity contribution in [3.63, 3.8) is 0 Å². The number of amides is 1. The van der Waals surface area contributed by atoms with E-state index in [-0.39, 0.29) is 17.4 Å². The van der Waals surface area contributed by atoms with Crippen LogP contribution in [-0.4, -0.2) is 28.0 Å². The Labute approximate surface area is 176 Å². The number of aromatic nitrogens is 1. The minimum Gasteiger partial charge on any atom is -0.322 e. The van der Waals surface area contributed by atoms with E-state index in [0.29, 0.717) is 17.7 Å². The fraction of sp³-hybridized carbons (Fsp3) is 0.240. The van der Waals surface area contributed by atoms with Crippen LogP contribution in [0.5, 0.6) is 0 Å². The van der Waals surface area contributed by atoms with E-state index >= 15 is 0 Å². The summed E-state index contributed by atoms with van der Waals surface area (Å²) in [6.45, 7) is 3.76. The Balaban J connectivity index is 2.03. The second-order valence-corrected chi connectivity index (χ2v) is 7.46. The van der Waals surface area contributed by atoms with Crippen LogP contribution in [0.1, 0.15) is 39.9 Å². The molecule has 1 unspecified atom stereocenters. The molecule has 0 aliphatic carbocycles. The second-order valence-electron chi connectivity index (χ2n) is 7.46. The number of carbonyl (C=O) groups is 1. The first-order chi connectivity index (χ1) is 14.4. The Morgan fingerprint density at radius 2 is 1.60 bits per heavy atom. The predicted octanol–water partition coefficient (Wildman–Crippen LogP) is 3.88. The van der Waals surface area contributed by atoms with Gasteiger partial charge in [0.25, 0.3) is 11.5 Å². The van der Waals surface area contributed by atoms with Crippen molar-refractivity contribution in [2.45, 2.75) is 25.8 Å². The van der Waals surface area contributed by atoms with E-state index in [1.54, 1.807) is 31.9 Å². The summed E-state index contributed by atoms with van der Waals surface area (Å²) in [4.78, 5) is 27.0. The number of pyridine rings is 1. The molecule has 5 nitrogen and oxygen atoms in total. The SMILES string of the molecule is Cc1cc(C(=O)N(CC(c2ccccc2)c2ccccc2)C(C)C#N)cn(C)c1=O. The van der Waals surface area contributed by atoms with Gasteiger partial charge in [0.15, 0.2) is 0 Å². The van der Waals surface area contributed by atoms with Crippen LogP contribution in [0.25, 0.3) is 0 Å². The smallest absolute Gasteiger partial charge is 0.256 e. The van der Waals surface area contributed by atoms with E-state index in [1.165, 1.54) is 10.8 Å². The fourth-order valence-corrected chi connectivity index (χ4v) is 3.62. The molecule has 2 aromatic carbocycles. The van der Waals surface area contributed by atoms with E-state index in [2.05, 4.69) is 6.07 Å². The maximum absolute atomic E-state index is 13.4. The number of benzene rings is 2. The lowest BCUT2D eigenvalue weighted by Gasteiger charge is -2.30. The van der Waals surface area contributed by atoms with E-state index in [1.807, 2.05) is 60.7 Å². The van der Waals surface area contributed by atoms with Crippen LogP contribution < -0.4 is 5.56 Å². The molecule has 0 spiro atoms. The summed E-state index contributed by atoms with van der Waals surface area (Å²) in [5.74, 6) is -0.347. The molecule has 152 valence electrons. The summed E-state index contributed by atoms with van der Waals surface area (Å²) >= 11 is 0. The van der Waals surface area contributed by atoms with Gasteiger partial charge in [-0.25, -0.2) is 0 Å². The van der Waals surface area contributed by atoms with Crippen LogP contribution >= 0.6 is 0 Å². The maximum Gasteiger partial charge on any atom is 0.256 e. The topological polar surface area (TPSA) is 66.1 Å². The zero-order chi connectivity index (χ0) is 21.7. The highest BCUT2D eigenvalue weighted by Gasteiger charge is 2.27. The molecule has 30 heavy (non-hydrogen) atoms. The maximum atomic E-state index is 13.4. The van der Waals surface area contributed by atoms with Gasteiger partial charge < -0.3 is 9.47 Å². The minimum absolute atomic E-state index is 0.0826. The molecule has 0 fully saturated rings. The molecule has 1 aromatic heterocycles. The number of nitriles is 1. The molecule has 0 bridgehead atoms. The average Bonchev–Trinajstić information content (AvgIpc) is 2.78. The molecule has 3 aromatic rings. The molecular formula is C25H25N3O2. The highest BCUT2D eigenvalue weighted by atomic mass is 16.2. The lowest BCUT2D eigenvalue weighted by molar-refractivity contribution is 0.0721. The van der Waals surface area contributed by atoms with Crippen LogP contribution in [0.4, 0.5) is 0 Å². The summed E-state index contributed by atoms with van der Waals surface area (Å²) < 4.78 is 1.41. The van der Waals surface area contributed by atoms with Crippen LogP contribution in [-0.2, 0) is 7.05 Å². The molecule has 3 rings (SSSR count). The highest BCUT2D eigenvalue weighted by molar-refractivity contribution is 5.94. The summed E-state index contributed by atoms with van der Waals surface area (Å²) in [5.41, 5.74) is 2.90. The van der Waals surface area contributed by atoms with Crippen LogP contribution in [0.3, 0.4) is 0 Å². The normalized spacial score (nSPS) is 11.7. The molecule has 0 aliphatic rings. The third kappa shape index (κ3) is 4.49. The summed E-state index contributed by atoms with van der Waals surface area (Å²) in [6, 6.07) is 23.1. The molecular weight excluding hydrogens is 374 g/mol. The molecule has 1 amide bonds. The lowest BCUT2D eigenvalue weighted by atomic mass is 9.90. The van der Waals surface area contributed by atoms with Crippen molar-refractivity contribution in [1.82, 2.24) is 9.47 Å². The molecule has 0 saturated carbocycles. The van der Waals surface area contributed by atoms with Gasteiger partial charge in [-0.2, -0.15) is 5.26 Å². The average molecular weight is 399 g/mol. The Kier molecular flexibility index (Phi) is 6.48. The van der Waals surface area contributed by atoms with Crippen LogP contribution in [0, 0.1) is 18.3 Å². The second kappa shape index (κ2) is 9.23. The summed E-state index contributed by atoms with van der Waals surface area (Å²) in [5, 5.41) is 9.61. The molecule has 5 heteroatoms. The molecule has 0 aliphatic heterocycles. The standard InChI is InChI=1S/C25H25N3O2/c1-18-14-22(16-27(3)24(18)29)25(30)28(19(2)15-26)17-23(20-10-6-4-7-11-20)21-12-8-5-9-13-21/h4-14,16,19,23H,17H2,1-3H3. The van der Waals surface area contributed by atoms with E-state index in [4.69, 9.17) is 0 Å². The van der Waals surface area contributed by atoms with E-state index in [9.17, 15) is 14.9 Å². The number of rotatable bonds is 6. The van der Waals surface area contributed by atoms with E-state index < -0.39 is 6.04 Å². The van der Waals surface area contributed by atoms with Crippen LogP contribution in [0.15, 0.2) is 77.7 Å². The lowest BCUT2D eigenvalue weighted by Crippen LogP contribution is -2.41. The summed E-state index contributed by atoms with van der Waals surface area (Å²) in [6.07, 6.45) is 1.54. The first kappa shape index (κ1) is 21.1. The molecule has 1 heterocycles. The third-order valence-corrected chi connectivity index (χ3v) is 5.31. The number of carbonyl (C=O) groups excluding carboxylic acids is 1. The molecule has 0 N–H and O–H groups in total. The quantitative estimate of drug-likeness (QED) is 0.632. The number of hydrogen-bond acceptors (Lipinski definition) is 3. The van der Waals surface area contributed by atoms with Crippen molar-refractivity contribution < 1.29 is 4.79 Å². The number of nitrogens with zero attached hydrogens (tertiary/aromatic N) is 3. The Morgan fingerprint density at radius 1 is 1.07 bits per heavy atom. The van der Waals surface area contributed by atoms with Gasteiger partial charge in [0.1, 0.15) is 6.04 Å². The van der Waals surface area contributed by atoms with Gasteiger partial charge in [-0.1, -0.05) is 60.7 Å². The van der Waals surface area contributed by atoms with Crippen molar-refractivity contribution in [1.29, 1.82) is 5.26 Å². The number of hydrogen-bond donors (Lipinski definition) is 0. The Hall–Kier alpha value is -3.65. The molecule has 0 radical (unpaired) electrons. The largest absolute Gasteiger partial charge is 0.322 e. The van der Waals surface area contributed by atoms with Gasteiger partial charge in [-0.05, 0) is 31.0 Å². The van der Waals surface area contributed by atoms with Crippen molar-refractivity contribution in [3.05, 3.63) is 106 Å². The van der Waals surface area contributed by atoms with Gasteiger partial charge >= 0.3 is 0 Å². The predicted molar refractivity (Wildman–Crippen MR) is 117 cm³/mol. The zero-order valence-electron chi connectivity index (χ0n) is 17.4. The molecule has 1 atom stereocenters. The van der Waals surface area contributed by atoms with Crippen LogP contribution in [0.2, 0.25) is 0 Å². The fourth-order valence-electron chi connectivity index (χ4n) is 3.62. The minimum atomic E-state index is -0.620. The van der Waals surface area contributed by atoms with Gasteiger partial charge in [-0.3, -0.25) is 9.59 Å². The van der Waals surface area contributed by atoms with Gasteiger partial charge in [0.2, 0.25) is 0 Å². The number of aryl methyl sites for hydroxylation is 2. The zero-order valence-corrected chi connectivity index (χ0v) is 17.4. The Morgan fingerprint density at radius 3 is 2.07 bits per heavy atom. The van der Waals surface area contributed by atoms with Gasteiger partial charge in [-0.15, -0.1) is 0 Å². The van der Waals surface area contributed by atoms with Gasteiger partial charge in [0.05, 0.1) is 11.6 Å². The van der Waals surface area contributed by atoms with Crippen molar-refractivity contribution in [2.24, 2.45) is 7.05 Å². The monoisotopic (exact) mass is 399 g/mol. The van der Waals surface area contributed by atoms with Crippen molar-refractivity contribution >= 4 is 5.91 Å². The van der Waals surface area contributed by atoms with E-state index in [0.717, 1.165) is 11.1 Å². The van der Waals surface area contributed by atoms with Crippen molar-refractivity contribution in [3.8, 4) is 6.07 Å². The van der Waals surface area contributed by atoms with Gasteiger partial charge in [0, 0.05) is 31.3 Å². The third-order valence-electron chi connectivity index (χ3n) is 5.31. The molecule has 0 saturated heterocycles. The van der Waals surface area contributed by atoms with Crippen molar-refractivity contribution in [2.75, 3.05) is 6.54 Å².